The Bertz CT molecular complexity index is 277. The van der Waals surface area contributed by atoms with E-state index in [1.54, 1.807) is 19.3 Å². The molecule has 64 valence electrons. The molecule has 0 radical (unpaired) electrons. The third-order valence-corrected chi connectivity index (χ3v) is 1.54. The zero-order chi connectivity index (χ0) is 9.14. The summed E-state index contributed by atoms with van der Waals surface area (Å²) >= 11 is 0. The van der Waals surface area contributed by atoms with E-state index < -0.39 is 6.10 Å². The standard InChI is InChI=1S/C9H12N2O/c1-6(2)9-10-4-8(5-11-9)7(3)12/h4-5,7,12H,1H2,2-3H3. The first-order chi connectivity index (χ1) is 5.61. The minimum atomic E-state index is -0.510. The lowest BCUT2D eigenvalue weighted by atomic mass is 10.2. The molecule has 0 aliphatic heterocycles. The van der Waals surface area contributed by atoms with Crippen molar-refractivity contribution < 1.29 is 5.11 Å². The Morgan fingerprint density at radius 1 is 1.50 bits per heavy atom. The van der Waals surface area contributed by atoms with Crippen LogP contribution in [0.25, 0.3) is 5.57 Å². The van der Waals surface area contributed by atoms with Crippen molar-refractivity contribution >= 4 is 5.57 Å². The van der Waals surface area contributed by atoms with E-state index in [0.717, 1.165) is 11.1 Å². The number of aliphatic hydroxyl groups is 1. The van der Waals surface area contributed by atoms with Crippen LogP contribution in [0.15, 0.2) is 19.0 Å². The van der Waals surface area contributed by atoms with Crippen LogP contribution in [0.1, 0.15) is 31.3 Å². The molecule has 0 amide bonds. The molecule has 0 aliphatic carbocycles. The van der Waals surface area contributed by atoms with Crippen molar-refractivity contribution in [1.29, 1.82) is 0 Å². The summed E-state index contributed by atoms with van der Waals surface area (Å²) in [6.45, 7) is 7.24. The zero-order valence-electron chi connectivity index (χ0n) is 7.28. The highest BCUT2D eigenvalue weighted by molar-refractivity contribution is 5.53. The molecule has 1 rings (SSSR count). The van der Waals surface area contributed by atoms with Crippen molar-refractivity contribution in [2.45, 2.75) is 20.0 Å². The summed E-state index contributed by atoms with van der Waals surface area (Å²) in [5.41, 5.74) is 1.55. The molecule has 1 heterocycles. The highest BCUT2D eigenvalue weighted by Gasteiger charge is 2.02. The Balaban J connectivity index is 2.93. The third kappa shape index (κ3) is 1.89. The van der Waals surface area contributed by atoms with E-state index in [-0.39, 0.29) is 0 Å². The molecule has 1 unspecified atom stereocenters. The van der Waals surface area contributed by atoms with Gasteiger partial charge in [0.25, 0.3) is 0 Å². The van der Waals surface area contributed by atoms with Gasteiger partial charge in [-0.15, -0.1) is 0 Å². The van der Waals surface area contributed by atoms with Crippen LogP contribution in [0.3, 0.4) is 0 Å². The summed E-state index contributed by atoms with van der Waals surface area (Å²) in [5.74, 6) is 0.624. The smallest absolute Gasteiger partial charge is 0.154 e. The number of aliphatic hydroxyl groups excluding tert-OH is 1. The second-order valence-electron chi connectivity index (χ2n) is 2.80. The van der Waals surface area contributed by atoms with E-state index in [0.29, 0.717) is 5.82 Å². The van der Waals surface area contributed by atoms with Gasteiger partial charge in [0.1, 0.15) is 0 Å². The molecular weight excluding hydrogens is 152 g/mol. The second-order valence-corrected chi connectivity index (χ2v) is 2.80. The van der Waals surface area contributed by atoms with Crippen molar-refractivity contribution in [3.05, 3.63) is 30.4 Å². The molecular formula is C9H12N2O. The monoisotopic (exact) mass is 164 g/mol. The first kappa shape index (κ1) is 8.87. The Morgan fingerprint density at radius 3 is 2.33 bits per heavy atom. The fraction of sp³-hybridized carbons (Fsp3) is 0.333. The largest absolute Gasteiger partial charge is 0.389 e. The Morgan fingerprint density at radius 2 is 2.00 bits per heavy atom. The van der Waals surface area contributed by atoms with Gasteiger partial charge in [-0.2, -0.15) is 0 Å². The summed E-state index contributed by atoms with van der Waals surface area (Å²) in [7, 11) is 0. The van der Waals surface area contributed by atoms with Gasteiger partial charge >= 0.3 is 0 Å². The van der Waals surface area contributed by atoms with Crippen LogP contribution in [0, 0.1) is 0 Å². The number of hydrogen-bond donors (Lipinski definition) is 1. The van der Waals surface area contributed by atoms with E-state index in [2.05, 4.69) is 16.5 Å². The fourth-order valence-electron chi connectivity index (χ4n) is 0.774. The molecule has 0 saturated carbocycles. The fourth-order valence-corrected chi connectivity index (χ4v) is 0.774. The Kier molecular flexibility index (Phi) is 2.55. The van der Waals surface area contributed by atoms with Crippen LogP contribution >= 0.6 is 0 Å². The summed E-state index contributed by atoms with van der Waals surface area (Å²) in [5, 5.41) is 9.15. The molecule has 0 fully saturated rings. The van der Waals surface area contributed by atoms with Crippen LogP contribution in [0.5, 0.6) is 0 Å². The van der Waals surface area contributed by atoms with Gasteiger partial charge in [0.15, 0.2) is 5.82 Å². The van der Waals surface area contributed by atoms with E-state index in [9.17, 15) is 0 Å². The third-order valence-electron chi connectivity index (χ3n) is 1.54. The predicted octanol–water partition coefficient (Wildman–Crippen LogP) is 1.56. The maximum Gasteiger partial charge on any atom is 0.154 e. The Hall–Kier alpha value is -1.22. The molecule has 0 aliphatic rings. The number of nitrogens with zero attached hydrogens (tertiary/aromatic N) is 2. The van der Waals surface area contributed by atoms with Crippen LogP contribution in [-0.4, -0.2) is 15.1 Å². The van der Waals surface area contributed by atoms with Crippen molar-refractivity contribution in [1.82, 2.24) is 9.97 Å². The van der Waals surface area contributed by atoms with Crippen molar-refractivity contribution in [3.8, 4) is 0 Å². The van der Waals surface area contributed by atoms with Crippen LogP contribution in [-0.2, 0) is 0 Å². The molecule has 1 aromatic rings. The van der Waals surface area contributed by atoms with E-state index >= 15 is 0 Å². The first-order valence-electron chi connectivity index (χ1n) is 3.77. The molecule has 12 heavy (non-hydrogen) atoms. The quantitative estimate of drug-likeness (QED) is 0.721. The number of rotatable bonds is 2. The lowest BCUT2D eigenvalue weighted by Crippen LogP contribution is -1.96. The second kappa shape index (κ2) is 3.45. The molecule has 0 bridgehead atoms. The lowest BCUT2D eigenvalue weighted by Gasteiger charge is -2.03. The van der Waals surface area contributed by atoms with E-state index in [4.69, 9.17) is 5.11 Å². The first-order valence-corrected chi connectivity index (χ1v) is 3.77. The van der Waals surface area contributed by atoms with Crippen molar-refractivity contribution in [3.63, 3.8) is 0 Å². The molecule has 3 heteroatoms. The molecule has 1 N–H and O–H groups in total. The Labute approximate surface area is 71.8 Å². The predicted molar refractivity (Wildman–Crippen MR) is 47.4 cm³/mol. The number of allylic oxidation sites excluding steroid dienone is 1. The molecule has 1 atom stereocenters. The molecule has 0 saturated heterocycles. The molecule has 0 spiro atoms. The number of aromatic nitrogens is 2. The minimum absolute atomic E-state index is 0.510. The molecule has 3 nitrogen and oxygen atoms in total. The molecule has 0 aromatic carbocycles. The summed E-state index contributed by atoms with van der Waals surface area (Å²) in [6.07, 6.45) is 2.72. The SMILES string of the molecule is C=C(C)c1ncc(C(C)O)cn1. The van der Waals surface area contributed by atoms with Gasteiger partial charge in [0, 0.05) is 18.0 Å². The van der Waals surface area contributed by atoms with Crippen molar-refractivity contribution in [2.24, 2.45) is 0 Å². The lowest BCUT2D eigenvalue weighted by molar-refractivity contribution is 0.198. The summed E-state index contributed by atoms with van der Waals surface area (Å²) < 4.78 is 0. The van der Waals surface area contributed by atoms with Gasteiger partial charge in [-0.3, -0.25) is 0 Å². The van der Waals surface area contributed by atoms with Gasteiger partial charge in [-0.05, 0) is 19.4 Å². The van der Waals surface area contributed by atoms with Gasteiger partial charge in [-0.25, -0.2) is 9.97 Å². The highest BCUT2D eigenvalue weighted by Crippen LogP contribution is 2.10. The van der Waals surface area contributed by atoms with E-state index in [1.165, 1.54) is 0 Å². The van der Waals surface area contributed by atoms with Crippen LogP contribution in [0.2, 0.25) is 0 Å². The minimum Gasteiger partial charge on any atom is -0.389 e. The topological polar surface area (TPSA) is 46.0 Å². The van der Waals surface area contributed by atoms with Crippen LogP contribution < -0.4 is 0 Å². The zero-order valence-corrected chi connectivity index (χ0v) is 7.28. The van der Waals surface area contributed by atoms with Crippen LogP contribution in [0.4, 0.5) is 0 Å². The summed E-state index contributed by atoms with van der Waals surface area (Å²) in [6, 6.07) is 0. The normalized spacial score (nSPS) is 12.6. The maximum absolute atomic E-state index is 9.15. The average Bonchev–Trinajstić information content (AvgIpc) is 2.04. The van der Waals surface area contributed by atoms with E-state index in [1.807, 2.05) is 6.92 Å². The van der Waals surface area contributed by atoms with Gasteiger partial charge in [0.2, 0.25) is 0 Å². The average molecular weight is 164 g/mol. The number of hydrogen-bond acceptors (Lipinski definition) is 3. The van der Waals surface area contributed by atoms with Gasteiger partial charge in [0.05, 0.1) is 6.10 Å². The molecule has 1 aromatic heterocycles. The highest BCUT2D eigenvalue weighted by atomic mass is 16.3. The van der Waals surface area contributed by atoms with Gasteiger partial charge in [-0.1, -0.05) is 6.58 Å². The summed E-state index contributed by atoms with van der Waals surface area (Å²) in [4.78, 5) is 8.06. The maximum atomic E-state index is 9.15. The van der Waals surface area contributed by atoms with Crippen molar-refractivity contribution in [2.75, 3.05) is 0 Å². The van der Waals surface area contributed by atoms with Gasteiger partial charge < -0.3 is 5.11 Å².